The molecule has 3 aromatic rings. The molecule has 0 atom stereocenters. The van der Waals surface area contributed by atoms with Gasteiger partial charge in [0.05, 0.1) is 24.6 Å². The van der Waals surface area contributed by atoms with Crippen molar-refractivity contribution in [2.45, 2.75) is 104 Å². The molecule has 0 saturated heterocycles. The van der Waals surface area contributed by atoms with Crippen LogP contribution in [0, 0.1) is 0 Å². The zero-order valence-electron chi connectivity index (χ0n) is 26.1. The van der Waals surface area contributed by atoms with E-state index in [1.807, 2.05) is 85.2 Å². The fourth-order valence-electron chi connectivity index (χ4n) is 4.72. The lowest BCUT2D eigenvalue weighted by Crippen LogP contribution is -1.97. The topological polar surface area (TPSA) is 43.2 Å². The molecule has 0 amide bonds. The molecule has 0 N–H and O–H groups in total. The first kappa shape index (κ1) is 33.1. The summed E-state index contributed by atoms with van der Waals surface area (Å²) in [5, 5.41) is 0. The van der Waals surface area contributed by atoms with Crippen LogP contribution in [0.25, 0.3) is 0 Å². The van der Waals surface area contributed by atoms with E-state index in [0.29, 0.717) is 0 Å². The first-order valence-electron chi connectivity index (χ1n) is 16.4. The number of benzene rings is 3. The minimum absolute atomic E-state index is 0.787. The second kappa shape index (κ2) is 21.3. The maximum atomic E-state index is 5.90. The summed E-state index contributed by atoms with van der Waals surface area (Å²) in [5.41, 5.74) is 3.90. The molecule has 3 aromatic carbocycles. The van der Waals surface area contributed by atoms with Gasteiger partial charge in [0.1, 0.15) is 11.5 Å². The Balaban J connectivity index is 1.33. The van der Waals surface area contributed by atoms with Gasteiger partial charge < -0.3 is 9.47 Å². The Hall–Kier alpha value is -3.40. The summed E-state index contributed by atoms with van der Waals surface area (Å²) in [4.78, 5) is 9.23. The average molecular weight is 569 g/mol. The van der Waals surface area contributed by atoms with Gasteiger partial charge >= 0.3 is 0 Å². The molecule has 0 radical (unpaired) electrons. The SMILES string of the molecule is CCCCCCCCCOc1ccc(/C=N\c2ccc(/N=C\c3ccc(OCCCCCCCCC)cc3)cc2)cc1. The fraction of sp³-hybridized carbons (Fsp3) is 0.474. The Kier molecular flexibility index (Phi) is 16.8. The summed E-state index contributed by atoms with van der Waals surface area (Å²) in [7, 11) is 0. The van der Waals surface area contributed by atoms with Crippen molar-refractivity contribution in [3.63, 3.8) is 0 Å². The van der Waals surface area contributed by atoms with Crippen LogP contribution in [-0.4, -0.2) is 25.6 Å². The van der Waals surface area contributed by atoms with E-state index in [1.165, 1.54) is 77.0 Å². The van der Waals surface area contributed by atoms with Crippen LogP contribution in [0.3, 0.4) is 0 Å². The van der Waals surface area contributed by atoms with Gasteiger partial charge in [-0.3, -0.25) is 9.98 Å². The predicted molar refractivity (Wildman–Crippen MR) is 181 cm³/mol. The molecule has 226 valence electrons. The number of aliphatic imine (C=N–C) groups is 2. The van der Waals surface area contributed by atoms with Crippen molar-refractivity contribution in [2.75, 3.05) is 13.2 Å². The molecule has 0 unspecified atom stereocenters. The Morgan fingerprint density at radius 1 is 0.429 bits per heavy atom. The quantitative estimate of drug-likeness (QED) is 0.0893. The van der Waals surface area contributed by atoms with E-state index >= 15 is 0 Å². The van der Waals surface area contributed by atoms with Crippen LogP contribution in [0.5, 0.6) is 11.5 Å². The largest absolute Gasteiger partial charge is 0.494 e. The van der Waals surface area contributed by atoms with E-state index in [-0.39, 0.29) is 0 Å². The number of hydrogen-bond acceptors (Lipinski definition) is 4. The molecule has 0 aromatic heterocycles. The molecule has 4 nitrogen and oxygen atoms in total. The molecule has 42 heavy (non-hydrogen) atoms. The Labute approximate surface area is 255 Å². The van der Waals surface area contributed by atoms with Crippen molar-refractivity contribution in [1.29, 1.82) is 0 Å². The van der Waals surface area contributed by atoms with Gasteiger partial charge in [0.2, 0.25) is 0 Å². The maximum Gasteiger partial charge on any atom is 0.119 e. The molecule has 4 heteroatoms. The summed E-state index contributed by atoms with van der Waals surface area (Å²) in [5.74, 6) is 1.84. The van der Waals surface area contributed by atoms with Crippen LogP contribution >= 0.6 is 0 Å². The number of nitrogens with zero attached hydrogens (tertiary/aromatic N) is 2. The highest BCUT2D eigenvalue weighted by Gasteiger charge is 1.98. The van der Waals surface area contributed by atoms with Gasteiger partial charge in [-0.25, -0.2) is 0 Å². The third-order valence-electron chi connectivity index (χ3n) is 7.37. The van der Waals surface area contributed by atoms with Crippen LogP contribution < -0.4 is 9.47 Å². The highest BCUT2D eigenvalue weighted by molar-refractivity contribution is 5.83. The zero-order valence-corrected chi connectivity index (χ0v) is 26.1. The smallest absolute Gasteiger partial charge is 0.119 e. The van der Waals surface area contributed by atoms with Gasteiger partial charge in [0.25, 0.3) is 0 Å². The number of ether oxygens (including phenoxy) is 2. The molecule has 3 rings (SSSR count). The van der Waals surface area contributed by atoms with Crippen molar-refractivity contribution in [1.82, 2.24) is 0 Å². The van der Waals surface area contributed by atoms with Gasteiger partial charge in [-0.15, -0.1) is 0 Å². The lowest BCUT2D eigenvalue weighted by molar-refractivity contribution is 0.304. The lowest BCUT2D eigenvalue weighted by Gasteiger charge is -2.06. The summed E-state index contributed by atoms with van der Waals surface area (Å²) in [6, 6.07) is 24.3. The van der Waals surface area contributed by atoms with E-state index in [2.05, 4.69) is 23.8 Å². The highest BCUT2D eigenvalue weighted by atomic mass is 16.5. The minimum atomic E-state index is 0.787. The van der Waals surface area contributed by atoms with Crippen LogP contribution in [0.1, 0.15) is 115 Å². The van der Waals surface area contributed by atoms with Crippen molar-refractivity contribution >= 4 is 23.8 Å². The molecule has 0 spiro atoms. The normalized spacial score (nSPS) is 11.5. The molecule has 0 aliphatic heterocycles. The summed E-state index contributed by atoms with van der Waals surface area (Å²) in [6.45, 7) is 6.09. The van der Waals surface area contributed by atoms with Gasteiger partial charge in [0, 0.05) is 12.4 Å². The Bertz CT molecular complexity index is 1040. The Morgan fingerprint density at radius 3 is 1.12 bits per heavy atom. The van der Waals surface area contributed by atoms with E-state index in [0.717, 1.165) is 60.1 Å². The summed E-state index contributed by atoms with van der Waals surface area (Å²) < 4.78 is 11.8. The Morgan fingerprint density at radius 2 is 0.762 bits per heavy atom. The second-order valence-electron chi connectivity index (χ2n) is 11.1. The molecule has 0 aliphatic carbocycles. The number of hydrogen-bond donors (Lipinski definition) is 0. The minimum Gasteiger partial charge on any atom is -0.494 e. The zero-order chi connectivity index (χ0) is 29.5. The molecular weight excluding hydrogens is 516 g/mol. The van der Waals surface area contributed by atoms with Crippen molar-refractivity contribution in [2.24, 2.45) is 9.98 Å². The molecule has 0 fully saturated rings. The van der Waals surface area contributed by atoms with E-state index < -0.39 is 0 Å². The molecule has 0 bridgehead atoms. The number of rotatable bonds is 22. The van der Waals surface area contributed by atoms with E-state index in [9.17, 15) is 0 Å². The first-order valence-corrected chi connectivity index (χ1v) is 16.4. The maximum absolute atomic E-state index is 5.90. The third-order valence-corrected chi connectivity index (χ3v) is 7.37. The van der Waals surface area contributed by atoms with Gasteiger partial charge in [0.15, 0.2) is 0 Å². The van der Waals surface area contributed by atoms with Crippen LogP contribution in [0.15, 0.2) is 82.8 Å². The fourth-order valence-corrected chi connectivity index (χ4v) is 4.72. The molecule has 0 saturated carbocycles. The highest BCUT2D eigenvalue weighted by Crippen LogP contribution is 2.20. The van der Waals surface area contributed by atoms with Crippen LogP contribution in [-0.2, 0) is 0 Å². The van der Waals surface area contributed by atoms with Crippen LogP contribution in [0.4, 0.5) is 11.4 Å². The van der Waals surface area contributed by atoms with Crippen molar-refractivity contribution in [3.05, 3.63) is 83.9 Å². The second-order valence-corrected chi connectivity index (χ2v) is 11.1. The van der Waals surface area contributed by atoms with Gasteiger partial charge in [-0.05, 0) is 96.8 Å². The molecule has 0 aliphatic rings. The van der Waals surface area contributed by atoms with Crippen molar-refractivity contribution in [3.8, 4) is 11.5 Å². The average Bonchev–Trinajstić information content (AvgIpc) is 3.03. The predicted octanol–water partition coefficient (Wildman–Crippen LogP) is 11.4. The standard InChI is InChI=1S/C38H52N2O2/c1-3-5-7-9-11-13-15-29-41-37-25-17-33(18-26-37)31-39-35-21-23-36(24-22-35)40-32-34-19-27-38(28-20-34)42-30-16-14-12-10-8-6-4-2/h17-28,31-32H,3-16,29-30H2,1-2H3/b39-31-,40-32-. The van der Waals surface area contributed by atoms with E-state index in [4.69, 9.17) is 9.47 Å². The molecule has 0 heterocycles. The van der Waals surface area contributed by atoms with Crippen molar-refractivity contribution < 1.29 is 9.47 Å². The van der Waals surface area contributed by atoms with E-state index in [1.54, 1.807) is 0 Å². The first-order chi connectivity index (χ1) is 20.8. The summed E-state index contributed by atoms with van der Waals surface area (Å²) in [6.07, 6.45) is 21.9. The third kappa shape index (κ3) is 14.5. The molecular formula is C38H52N2O2. The van der Waals surface area contributed by atoms with Gasteiger partial charge in [-0.2, -0.15) is 0 Å². The lowest BCUT2D eigenvalue weighted by atomic mass is 10.1. The number of unbranched alkanes of at least 4 members (excludes halogenated alkanes) is 12. The monoisotopic (exact) mass is 568 g/mol. The summed E-state index contributed by atoms with van der Waals surface area (Å²) >= 11 is 0. The van der Waals surface area contributed by atoms with Gasteiger partial charge in [-0.1, -0.05) is 90.9 Å². The van der Waals surface area contributed by atoms with Crippen LogP contribution in [0.2, 0.25) is 0 Å².